The van der Waals surface area contributed by atoms with Gasteiger partial charge in [-0.25, -0.2) is 24.7 Å². The number of anilines is 2. The molecule has 0 aromatic carbocycles. The average molecular weight is 923 g/mol. The summed E-state index contributed by atoms with van der Waals surface area (Å²) in [6.07, 6.45) is 12.9. The van der Waals surface area contributed by atoms with Gasteiger partial charge in [-0.15, -0.1) is 0 Å². The van der Waals surface area contributed by atoms with E-state index in [2.05, 4.69) is 64.9 Å². The molecular weight excluding hydrogens is 865 g/mol. The maximum absolute atomic E-state index is 13.2. The predicted octanol–water partition coefficient (Wildman–Crippen LogP) is 3.76. The van der Waals surface area contributed by atoms with Crippen LogP contribution in [0.4, 0.5) is 11.6 Å². The number of rotatable bonds is 12. The smallest absolute Gasteiger partial charge is 0.359 e. The van der Waals surface area contributed by atoms with E-state index in [1.165, 1.54) is 20.0 Å². The molecule has 354 valence electrons. The van der Waals surface area contributed by atoms with Crippen LogP contribution in [-0.2, 0) is 51.4 Å². The molecule has 4 unspecified atom stereocenters. The zero-order chi connectivity index (χ0) is 47.0. The molecule has 0 spiro atoms. The molecule has 19 nitrogen and oxygen atoms in total. The van der Waals surface area contributed by atoms with Crippen LogP contribution in [0.15, 0.2) is 49.3 Å². The number of hydrogen-bond donors (Lipinski definition) is 3. The van der Waals surface area contributed by atoms with Crippen LogP contribution in [0.2, 0.25) is 0 Å². The van der Waals surface area contributed by atoms with E-state index in [1.54, 1.807) is 34.4 Å². The molecule has 8 heterocycles. The Balaban J connectivity index is 0.000000149. The normalized spacial score (nSPS) is 22.6. The largest absolute Gasteiger partial charge is 0.464 e. The Morgan fingerprint density at radius 1 is 0.691 bits per heavy atom. The van der Waals surface area contributed by atoms with Gasteiger partial charge in [-0.3, -0.25) is 19.0 Å². The lowest BCUT2D eigenvalue weighted by atomic mass is 10.2. The topological polar surface area (TPSA) is 208 Å². The third kappa shape index (κ3) is 8.30. The molecule has 2 amide bonds. The molecule has 68 heavy (non-hydrogen) atoms. The van der Waals surface area contributed by atoms with E-state index in [0.29, 0.717) is 24.3 Å². The summed E-state index contributed by atoms with van der Waals surface area (Å²) in [6, 6.07) is 7.99. The first-order chi connectivity index (χ1) is 32.9. The number of hydrogen-bond acceptors (Lipinski definition) is 13. The van der Waals surface area contributed by atoms with Gasteiger partial charge in [0.05, 0.1) is 74.1 Å². The molecule has 6 atom stereocenters. The molecule has 19 heteroatoms. The molecular formula is C49H58N14O5. The number of carbonyl (C=O) groups excluding carboxylic acids is 3. The fourth-order valence-electron chi connectivity index (χ4n) is 10.9. The van der Waals surface area contributed by atoms with Crippen molar-refractivity contribution in [2.75, 3.05) is 43.1 Å². The second-order valence-corrected chi connectivity index (χ2v) is 19.6. The summed E-state index contributed by atoms with van der Waals surface area (Å²) in [4.78, 5) is 61.9. The molecule has 0 bridgehead atoms. The number of aliphatic hydroxyl groups is 1. The highest BCUT2D eigenvalue weighted by molar-refractivity contribution is 6.04. The molecule has 6 aromatic rings. The van der Waals surface area contributed by atoms with Crippen molar-refractivity contribution in [3.05, 3.63) is 117 Å². The molecule has 3 N–H and O–H groups in total. The van der Waals surface area contributed by atoms with Crippen LogP contribution in [0.1, 0.15) is 120 Å². The highest BCUT2D eigenvalue weighted by Crippen LogP contribution is 2.47. The number of nitrogens with zero attached hydrogens (tertiary/aromatic N) is 12. The summed E-state index contributed by atoms with van der Waals surface area (Å²) in [5, 5.41) is 24.8. The lowest BCUT2D eigenvalue weighted by Crippen LogP contribution is -2.28. The highest BCUT2D eigenvalue weighted by atomic mass is 16.5. The van der Waals surface area contributed by atoms with Crippen LogP contribution in [0.25, 0.3) is 0 Å². The standard InChI is InChI=1S/C25H29N7O3.C24H29N7O2/c1-14-15(4-7-21(27-14)31-9-16-8-17(16)10-31)11-32-12-18(22(29-32)25(34)35-3)24(33)28-19-5-6-20-23(19)26-13-30(20)2;1-14-15(3-6-22(26-14)30-8-16-7-17(16)9-30)10-31-11-18(20(12-32)28-31)24(33)27-19-4-5-21-23(19)25-13-29(21)2/h4,7,12-13,16-17,19H,5-6,8-11H2,1-3H3,(H,28,33);3,6,11,13,16-17,19,32H,4-5,7-10,12H2,1-2H3,(H,27,33)/t2*16?,17?,19-/m11/s1. The molecule has 0 radical (unpaired) electrons. The van der Waals surface area contributed by atoms with Crippen molar-refractivity contribution in [3.63, 3.8) is 0 Å². The van der Waals surface area contributed by atoms with Gasteiger partial charge in [0, 0.05) is 75.4 Å². The Labute approximate surface area is 393 Å². The van der Waals surface area contributed by atoms with Gasteiger partial charge in [0.25, 0.3) is 11.8 Å². The number of ether oxygens (including phenoxy) is 1. The van der Waals surface area contributed by atoms with Crippen LogP contribution in [0.5, 0.6) is 0 Å². The van der Waals surface area contributed by atoms with Gasteiger partial charge in [-0.1, -0.05) is 12.1 Å². The van der Waals surface area contributed by atoms with E-state index in [0.717, 1.165) is 132 Å². The van der Waals surface area contributed by atoms with Gasteiger partial charge in [-0.05, 0) is 99.3 Å². The quantitative estimate of drug-likeness (QED) is 0.150. The van der Waals surface area contributed by atoms with Crippen LogP contribution >= 0.6 is 0 Å². The fourth-order valence-corrected chi connectivity index (χ4v) is 10.9. The number of pyridine rings is 2. The molecule has 2 saturated carbocycles. The number of piperidine rings is 2. The minimum absolute atomic E-state index is 0.00256. The monoisotopic (exact) mass is 922 g/mol. The Bertz CT molecular complexity index is 2930. The number of esters is 1. The third-order valence-corrected chi connectivity index (χ3v) is 15.0. The van der Waals surface area contributed by atoms with Crippen molar-refractivity contribution < 1.29 is 24.2 Å². The highest BCUT2D eigenvalue weighted by Gasteiger charge is 2.46. The van der Waals surface area contributed by atoms with Crippen molar-refractivity contribution in [1.82, 2.24) is 59.3 Å². The summed E-state index contributed by atoms with van der Waals surface area (Å²) < 4.78 is 12.2. The van der Waals surface area contributed by atoms with Gasteiger partial charge >= 0.3 is 5.97 Å². The number of imidazole rings is 2. The number of nitrogens with one attached hydrogen (secondary N) is 2. The third-order valence-electron chi connectivity index (χ3n) is 15.0. The van der Waals surface area contributed by atoms with E-state index >= 15 is 0 Å². The summed E-state index contributed by atoms with van der Waals surface area (Å²) >= 11 is 0. The number of methoxy groups -OCH3 is 1. The zero-order valence-electron chi connectivity index (χ0n) is 39.2. The lowest BCUT2D eigenvalue weighted by molar-refractivity contribution is 0.0588. The fraction of sp³-hybridized carbons (Fsp3) is 0.490. The Morgan fingerprint density at radius 2 is 1.16 bits per heavy atom. The summed E-state index contributed by atoms with van der Waals surface area (Å²) in [5.74, 6) is 4.24. The van der Waals surface area contributed by atoms with E-state index < -0.39 is 5.97 Å². The molecule has 2 aliphatic heterocycles. The average Bonchev–Trinajstić information content (AvgIpc) is 3.91. The second-order valence-electron chi connectivity index (χ2n) is 19.6. The van der Waals surface area contributed by atoms with Crippen molar-refractivity contribution in [2.45, 2.75) is 84.2 Å². The van der Waals surface area contributed by atoms with Crippen molar-refractivity contribution in [1.29, 1.82) is 0 Å². The first kappa shape index (κ1) is 43.7. The maximum Gasteiger partial charge on any atom is 0.359 e. The number of amides is 2. The van der Waals surface area contributed by atoms with Gasteiger partial charge in [-0.2, -0.15) is 10.2 Å². The van der Waals surface area contributed by atoms with Crippen LogP contribution in [0, 0.1) is 37.5 Å². The van der Waals surface area contributed by atoms with Gasteiger partial charge in [0.2, 0.25) is 0 Å². The molecule has 6 aromatic heterocycles. The number of aryl methyl sites for hydroxylation is 4. The van der Waals surface area contributed by atoms with Crippen molar-refractivity contribution in [2.24, 2.45) is 37.8 Å². The summed E-state index contributed by atoms with van der Waals surface area (Å²) in [5.41, 5.74) is 8.99. The molecule has 4 aliphatic carbocycles. The van der Waals surface area contributed by atoms with E-state index in [1.807, 2.05) is 37.1 Å². The van der Waals surface area contributed by atoms with Crippen LogP contribution < -0.4 is 20.4 Å². The van der Waals surface area contributed by atoms with Gasteiger partial charge < -0.3 is 39.4 Å². The Hall–Kier alpha value is -6.89. The summed E-state index contributed by atoms with van der Waals surface area (Å²) in [7, 11) is 5.21. The zero-order valence-corrected chi connectivity index (χ0v) is 39.2. The number of carbonyl (C=O) groups is 3. The predicted molar refractivity (Wildman–Crippen MR) is 249 cm³/mol. The van der Waals surface area contributed by atoms with Crippen molar-refractivity contribution in [3.8, 4) is 0 Å². The molecule has 12 rings (SSSR count). The number of fused-ring (bicyclic) bond motifs is 4. The van der Waals surface area contributed by atoms with Gasteiger partial charge in [0.1, 0.15) is 17.3 Å². The van der Waals surface area contributed by atoms with E-state index in [9.17, 15) is 19.5 Å². The molecule has 4 fully saturated rings. The van der Waals surface area contributed by atoms with Crippen LogP contribution in [0.3, 0.4) is 0 Å². The van der Waals surface area contributed by atoms with E-state index in [4.69, 9.17) is 14.7 Å². The van der Waals surface area contributed by atoms with Crippen LogP contribution in [-0.4, -0.2) is 105 Å². The second kappa shape index (κ2) is 17.3. The maximum atomic E-state index is 13.2. The minimum Gasteiger partial charge on any atom is -0.464 e. The first-order valence-electron chi connectivity index (χ1n) is 23.8. The lowest BCUT2D eigenvalue weighted by Gasteiger charge is -2.20. The van der Waals surface area contributed by atoms with Crippen molar-refractivity contribution >= 4 is 29.4 Å². The first-order valence-corrected chi connectivity index (χ1v) is 23.8. The van der Waals surface area contributed by atoms with Gasteiger partial charge in [0.15, 0.2) is 5.69 Å². The molecule has 2 saturated heterocycles. The Kier molecular flexibility index (Phi) is 11.1. The molecule has 6 aliphatic rings. The summed E-state index contributed by atoms with van der Waals surface area (Å²) in [6.45, 7) is 9.04. The number of aromatic nitrogens is 10. The minimum atomic E-state index is -0.642. The number of aliphatic hydroxyl groups excluding tert-OH is 1. The SMILES string of the molecule is COC(=O)c1nn(Cc2ccc(N3CC4CC4C3)nc2C)cc1C(=O)N[C@@H]1CCc2c1ncn2C.Cc1nc(N2CC3CC3C2)ccc1Cn1cc(C(=O)N[C@@H]2CCc3c2ncn3C)c(CO)n1. The Morgan fingerprint density at radius 3 is 1.63 bits per heavy atom. The van der Waals surface area contributed by atoms with E-state index in [-0.39, 0.29) is 41.8 Å².